The lowest BCUT2D eigenvalue weighted by atomic mass is 9.92. The zero-order chi connectivity index (χ0) is 17.9. The highest BCUT2D eigenvalue weighted by molar-refractivity contribution is 6.29. The van der Waals surface area contributed by atoms with Crippen LogP contribution in [0.1, 0.15) is 32.7 Å². The molecule has 1 atom stereocenters. The third-order valence-electron chi connectivity index (χ3n) is 6.45. The van der Waals surface area contributed by atoms with Crippen molar-refractivity contribution in [2.45, 2.75) is 25.4 Å². The van der Waals surface area contributed by atoms with Crippen LogP contribution in [0.4, 0.5) is 5.69 Å². The second kappa shape index (κ2) is 4.31. The number of anilines is 1. The molecule has 7 rings (SSSR count). The van der Waals surface area contributed by atoms with E-state index in [1.807, 2.05) is 12.2 Å². The van der Waals surface area contributed by atoms with Gasteiger partial charge in [-0.3, -0.25) is 14.9 Å². The van der Waals surface area contributed by atoms with E-state index in [0.717, 1.165) is 46.8 Å². The molecule has 130 valence electrons. The summed E-state index contributed by atoms with van der Waals surface area (Å²) in [5, 5.41) is 9.30. The van der Waals surface area contributed by atoms with Crippen LogP contribution in [0.5, 0.6) is 0 Å². The first-order chi connectivity index (χ1) is 13.2. The third-order valence-corrected chi connectivity index (χ3v) is 6.45. The van der Waals surface area contributed by atoms with Gasteiger partial charge < -0.3 is 9.88 Å². The average molecular weight is 353 g/mol. The van der Waals surface area contributed by atoms with Crippen LogP contribution in [0.15, 0.2) is 36.5 Å². The largest absolute Gasteiger partial charge is 0.372 e. The molecular formula is C22H15N3O2. The number of hydrogen-bond donors (Lipinski definition) is 2. The molecule has 5 aliphatic rings. The number of benzene rings is 1. The van der Waals surface area contributed by atoms with E-state index in [9.17, 15) is 9.59 Å². The molecule has 0 saturated heterocycles. The highest BCUT2D eigenvalue weighted by Crippen LogP contribution is 2.38. The number of nitrogens with one attached hydrogen (secondary N) is 2. The standard InChI is InChI=1S/C22H15N3O2/c26-21-16-14-11-5-1-2-7-13(11)23-18(14)20-15(17(16)22(27)24-21)12-6-3-4-10-8-9-25(20)19(10)12/h1-5,7,13,23H,6,8-9H2,(H,24,26,27). The predicted octanol–water partition coefficient (Wildman–Crippen LogP) is 1.26. The predicted molar refractivity (Wildman–Crippen MR) is 103 cm³/mol. The lowest BCUT2D eigenvalue weighted by Gasteiger charge is -2.13. The highest BCUT2D eigenvalue weighted by Gasteiger charge is 2.39. The van der Waals surface area contributed by atoms with Crippen molar-refractivity contribution in [3.63, 3.8) is 0 Å². The smallest absolute Gasteiger partial charge is 0.259 e. The van der Waals surface area contributed by atoms with Crippen LogP contribution in [0.25, 0.3) is 22.0 Å². The maximum Gasteiger partial charge on any atom is 0.259 e. The first-order valence-electron chi connectivity index (χ1n) is 9.36. The molecular weight excluding hydrogens is 338 g/mol. The Morgan fingerprint density at radius 3 is 2.89 bits per heavy atom. The zero-order valence-corrected chi connectivity index (χ0v) is 14.4. The van der Waals surface area contributed by atoms with Crippen LogP contribution >= 0.6 is 0 Å². The highest BCUT2D eigenvalue weighted by atomic mass is 16.2. The molecule has 0 fully saturated rings. The number of aromatic nitrogens is 1. The number of nitrogens with zero attached hydrogens (tertiary/aromatic N) is 1. The normalized spacial score (nSPS) is 22.9. The molecule has 2 aromatic rings. The molecule has 5 heteroatoms. The minimum absolute atomic E-state index is 0.0471. The van der Waals surface area contributed by atoms with E-state index in [-0.39, 0.29) is 17.9 Å². The molecule has 27 heavy (non-hydrogen) atoms. The molecule has 5 nitrogen and oxygen atoms in total. The van der Waals surface area contributed by atoms with Gasteiger partial charge in [0.15, 0.2) is 0 Å². The van der Waals surface area contributed by atoms with E-state index in [1.165, 1.54) is 16.5 Å². The molecule has 1 aromatic carbocycles. The van der Waals surface area contributed by atoms with Gasteiger partial charge in [-0.05, 0) is 29.6 Å². The quantitative estimate of drug-likeness (QED) is 0.701. The lowest BCUT2D eigenvalue weighted by molar-refractivity contribution is 0.0880. The number of carbonyl (C=O) groups is 2. The summed E-state index contributed by atoms with van der Waals surface area (Å²) in [6.45, 7) is 0.916. The summed E-state index contributed by atoms with van der Waals surface area (Å²) in [7, 11) is 0. The molecule has 1 unspecified atom stereocenters. The van der Waals surface area contributed by atoms with Gasteiger partial charge in [-0.25, -0.2) is 0 Å². The molecule has 0 bridgehead atoms. The van der Waals surface area contributed by atoms with Gasteiger partial charge in [0.2, 0.25) is 0 Å². The number of aryl methyl sites for hydroxylation is 1. The van der Waals surface area contributed by atoms with E-state index in [2.05, 4.69) is 39.5 Å². The van der Waals surface area contributed by atoms with Crippen LogP contribution in [0.2, 0.25) is 0 Å². The molecule has 2 aliphatic carbocycles. The van der Waals surface area contributed by atoms with Crippen LogP contribution in [-0.2, 0) is 13.0 Å². The van der Waals surface area contributed by atoms with E-state index in [1.54, 1.807) is 0 Å². The zero-order valence-electron chi connectivity index (χ0n) is 14.4. The summed E-state index contributed by atoms with van der Waals surface area (Å²) < 4.78 is 2.36. The van der Waals surface area contributed by atoms with Gasteiger partial charge in [-0.15, -0.1) is 0 Å². The van der Waals surface area contributed by atoms with E-state index < -0.39 is 0 Å². The summed E-state index contributed by atoms with van der Waals surface area (Å²) in [4.78, 5) is 25.6. The summed E-state index contributed by atoms with van der Waals surface area (Å²) in [5.41, 5.74) is 6.80. The topological polar surface area (TPSA) is 63.1 Å². The minimum atomic E-state index is -0.278. The Labute approximate surface area is 154 Å². The van der Waals surface area contributed by atoms with E-state index in [0.29, 0.717) is 11.1 Å². The number of rotatable bonds is 0. The van der Waals surface area contributed by atoms with Crippen LogP contribution in [-0.4, -0.2) is 22.4 Å². The molecule has 0 spiro atoms. The Kier molecular flexibility index (Phi) is 2.20. The Balaban J connectivity index is 1.80. The fourth-order valence-corrected chi connectivity index (χ4v) is 5.49. The molecule has 2 amide bonds. The van der Waals surface area contributed by atoms with Crippen molar-refractivity contribution >= 4 is 39.6 Å². The summed E-state index contributed by atoms with van der Waals surface area (Å²) in [6, 6.07) is 0.0471. The van der Waals surface area contributed by atoms with Crippen LogP contribution in [0, 0.1) is 0 Å². The SMILES string of the molecule is O=C1NC(=O)c2c1c1c(c3c2c2c4n3CCC=4C=CC2)NC2C=CC=CC=12. The van der Waals surface area contributed by atoms with Crippen LogP contribution < -0.4 is 21.2 Å². The second-order valence-corrected chi connectivity index (χ2v) is 7.69. The molecule has 3 aliphatic heterocycles. The monoisotopic (exact) mass is 353 g/mol. The van der Waals surface area contributed by atoms with Gasteiger partial charge in [0, 0.05) is 22.5 Å². The number of carbonyl (C=O) groups excluding carboxylic acids is 2. The number of allylic oxidation sites excluding steroid dienone is 4. The van der Waals surface area contributed by atoms with Crippen molar-refractivity contribution in [2.24, 2.45) is 0 Å². The van der Waals surface area contributed by atoms with Crippen LogP contribution in [0.3, 0.4) is 0 Å². The number of hydrogen-bond acceptors (Lipinski definition) is 3. The molecule has 0 radical (unpaired) electrons. The Hall–Kier alpha value is -3.34. The Morgan fingerprint density at radius 1 is 1.07 bits per heavy atom. The van der Waals surface area contributed by atoms with Gasteiger partial charge in [0.05, 0.1) is 28.4 Å². The number of amides is 2. The maximum absolute atomic E-state index is 12.8. The van der Waals surface area contributed by atoms with Gasteiger partial charge in [-0.2, -0.15) is 0 Å². The van der Waals surface area contributed by atoms with E-state index >= 15 is 0 Å². The lowest BCUT2D eigenvalue weighted by Crippen LogP contribution is -2.23. The molecule has 4 heterocycles. The summed E-state index contributed by atoms with van der Waals surface area (Å²) in [5.74, 6) is -0.543. The first-order valence-corrected chi connectivity index (χ1v) is 9.36. The van der Waals surface area contributed by atoms with Crippen molar-refractivity contribution in [3.8, 4) is 0 Å². The average Bonchev–Trinajstić information content (AvgIpc) is 3.40. The number of fused-ring (bicyclic) bond motifs is 9. The fraction of sp³-hybridized carbons (Fsp3) is 0.182. The van der Waals surface area contributed by atoms with Crippen molar-refractivity contribution in [1.29, 1.82) is 0 Å². The Morgan fingerprint density at radius 2 is 1.96 bits per heavy atom. The first kappa shape index (κ1) is 13.8. The molecule has 1 aromatic heterocycles. The fourth-order valence-electron chi connectivity index (χ4n) is 5.49. The van der Waals surface area contributed by atoms with Gasteiger partial charge >= 0.3 is 0 Å². The Bertz CT molecular complexity index is 1380. The minimum Gasteiger partial charge on any atom is -0.372 e. The van der Waals surface area contributed by atoms with Gasteiger partial charge in [0.25, 0.3) is 11.8 Å². The number of imide groups is 1. The van der Waals surface area contributed by atoms with Crippen molar-refractivity contribution in [2.75, 3.05) is 5.32 Å². The second-order valence-electron chi connectivity index (χ2n) is 7.69. The van der Waals surface area contributed by atoms with Crippen molar-refractivity contribution < 1.29 is 9.59 Å². The molecule has 2 N–H and O–H groups in total. The van der Waals surface area contributed by atoms with E-state index in [4.69, 9.17) is 0 Å². The van der Waals surface area contributed by atoms with Crippen molar-refractivity contribution in [1.82, 2.24) is 9.88 Å². The summed E-state index contributed by atoms with van der Waals surface area (Å²) in [6.07, 6.45) is 14.4. The maximum atomic E-state index is 12.8. The third kappa shape index (κ3) is 1.42. The molecule has 0 saturated carbocycles. The van der Waals surface area contributed by atoms with Crippen molar-refractivity contribution in [3.05, 3.63) is 63.7 Å². The summed E-state index contributed by atoms with van der Waals surface area (Å²) >= 11 is 0. The van der Waals surface area contributed by atoms with Gasteiger partial charge in [-0.1, -0.05) is 36.5 Å². The van der Waals surface area contributed by atoms with Gasteiger partial charge in [0.1, 0.15) is 0 Å².